The first-order valence-electron chi connectivity index (χ1n) is 10.9. The van der Waals surface area contributed by atoms with E-state index in [2.05, 4.69) is 39.8 Å². The Hall–Kier alpha value is -0.820. The van der Waals surface area contributed by atoms with E-state index >= 15 is 0 Å². The van der Waals surface area contributed by atoms with Crippen LogP contribution in [0.1, 0.15) is 119 Å². The molecular formula is C24H43N. The van der Waals surface area contributed by atoms with Crippen LogP contribution in [0.15, 0.2) is 12.1 Å². The first-order chi connectivity index (χ1) is 12.1. The molecule has 2 N–H and O–H groups in total. The highest BCUT2D eigenvalue weighted by Crippen LogP contribution is 2.23. The maximum atomic E-state index is 6.05. The first kappa shape index (κ1) is 22.2. The van der Waals surface area contributed by atoms with Crippen molar-refractivity contribution in [3.8, 4) is 0 Å². The molecule has 0 aliphatic heterocycles. The van der Waals surface area contributed by atoms with Gasteiger partial charge in [-0.05, 0) is 55.9 Å². The van der Waals surface area contributed by atoms with Crippen LogP contribution in [0.3, 0.4) is 0 Å². The van der Waals surface area contributed by atoms with Gasteiger partial charge in [0, 0.05) is 6.04 Å². The largest absolute Gasteiger partial charge is 0.324 e. The molecule has 0 fully saturated rings. The quantitative estimate of drug-likeness (QED) is 0.346. The van der Waals surface area contributed by atoms with Crippen LogP contribution >= 0.6 is 0 Å². The average molecular weight is 346 g/mol. The second-order valence-corrected chi connectivity index (χ2v) is 7.99. The van der Waals surface area contributed by atoms with Gasteiger partial charge in [-0.25, -0.2) is 0 Å². The standard InChI is InChI=1S/C24H43N/c1-5-6-7-8-9-10-11-12-13-14-15-16-17-23-18-19-24(22(4)25)21(3)20(23)2/h18-19,22H,5-17,25H2,1-4H3. The minimum atomic E-state index is 0.138. The van der Waals surface area contributed by atoms with E-state index in [9.17, 15) is 0 Å². The van der Waals surface area contributed by atoms with Gasteiger partial charge in [-0.2, -0.15) is 0 Å². The highest BCUT2D eigenvalue weighted by molar-refractivity contribution is 5.40. The maximum absolute atomic E-state index is 6.05. The van der Waals surface area contributed by atoms with E-state index in [0.29, 0.717) is 0 Å². The van der Waals surface area contributed by atoms with Crippen molar-refractivity contribution < 1.29 is 0 Å². The molecule has 1 rings (SSSR count). The molecule has 0 aliphatic rings. The molecule has 0 bridgehead atoms. The first-order valence-corrected chi connectivity index (χ1v) is 10.9. The topological polar surface area (TPSA) is 26.0 Å². The van der Waals surface area contributed by atoms with Crippen LogP contribution in [0.2, 0.25) is 0 Å². The summed E-state index contributed by atoms with van der Waals surface area (Å²) in [4.78, 5) is 0. The summed E-state index contributed by atoms with van der Waals surface area (Å²) in [5, 5.41) is 0. The Bertz CT molecular complexity index is 461. The van der Waals surface area contributed by atoms with Crippen molar-refractivity contribution in [1.82, 2.24) is 0 Å². The zero-order valence-electron chi connectivity index (χ0n) is 17.5. The van der Waals surface area contributed by atoms with E-state index in [1.165, 1.54) is 106 Å². The molecule has 1 unspecified atom stereocenters. The molecule has 1 nitrogen and oxygen atoms in total. The van der Waals surface area contributed by atoms with E-state index in [1.54, 1.807) is 0 Å². The van der Waals surface area contributed by atoms with Gasteiger partial charge in [-0.1, -0.05) is 89.7 Å². The SMILES string of the molecule is CCCCCCCCCCCCCCc1ccc(C(C)N)c(C)c1C. The van der Waals surface area contributed by atoms with Gasteiger partial charge in [-0.3, -0.25) is 0 Å². The summed E-state index contributed by atoms with van der Waals surface area (Å²) in [6.07, 6.45) is 18.2. The van der Waals surface area contributed by atoms with Gasteiger partial charge in [0.1, 0.15) is 0 Å². The molecule has 1 aromatic carbocycles. The third kappa shape index (κ3) is 8.90. The van der Waals surface area contributed by atoms with Crippen molar-refractivity contribution in [2.75, 3.05) is 0 Å². The third-order valence-electron chi connectivity index (χ3n) is 5.73. The zero-order valence-corrected chi connectivity index (χ0v) is 17.5. The summed E-state index contributed by atoms with van der Waals surface area (Å²) >= 11 is 0. The zero-order chi connectivity index (χ0) is 18.5. The molecule has 0 amide bonds. The fourth-order valence-corrected chi connectivity index (χ4v) is 3.82. The molecule has 25 heavy (non-hydrogen) atoms. The Balaban J connectivity index is 2.08. The third-order valence-corrected chi connectivity index (χ3v) is 5.73. The van der Waals surface area contributed by atoms with Gasteiger partial charge in [0.05, 0.1) is 0 Å². The molecule has 1 heteroatoms. The van der Waals surface area contributed by atoms with E-state index < -0.39 is 0 Å². The second-order valence-electron chi connectivity index (χ2n) is 7.99. The molecule has 1 atom stereocenters. The number of nitrogens with two attached hydrogens (primary N) is 1. The van der Waals surface area contributed by atoms with Crippen LogP contribution in [-0.2, 0) is 6.42 Å². The minimum Gasteiger partial charge on any atom is -0.324 e. The van der Waals surface area contributed by atoms with Gasteiger partial charge in [0.25, 0.3) is 0 Å². The summed E-state index contributed by atoms with van der Waals surface area (Å²) < 4.78 is 0. The van der Waals surface area contributed by atoms with E-state index in [0.717, 1.165) is 0 Å². The minimum absolute atomic E-state index is 0.138. The average Bonchev–Trinajstić information content (AvgIpc) is 2.59. The Labute approximate surface area is 157 Å². The number of hydrogen-bond acceptors (Lipinski definition) is 1. The van der Waals surface area contributed by atoms with Gasteiger partial charge in [-0.15, -0.1) is 0 Å². The van der Waals surface area contributed by atoms with Crippen molar-refractivity contribution in [1.29, 1.82) is 0 Å². The monoisotopic (exact) mass is 345 g/mol. The van der Waals surface area contributed by atoms with Crippen LogP contribution in [0.25, 0.3) is 0 Å². The van der Waals surface area contributed by atoms with Gasteiger partial charge < -0.3 is 5.73 Å². The number of hydrogen-bond donors (Lipinski definition) is 1. The number of benzene rings is 1. The van der Waals surface area contributed by atoms with Crippen molar-refractivity contribution >= 4 is 0 Å². The summed E-state index contributed by atoms with van der Waals surface area (Å²) in [5.74, 6) is 0. The summed E-state index contributed by atoms with van der Waals surface area (Å²) in [6.45, 7) is 8.85. The second kappa shape index (κ2) is 13.4. The summed E-state index contributed by atoms with van der Waals surface area (Å²) in [6, 6.07) is 4.68. The molecule has 0 heterocycles. The van der Waals surface area contributed by atoms with Crippen LogP contribution in [0.5, 0.6) is 0 Å². The maximum Gasteiger partial charge on any atom is 0.0268 e. The molecule has 144 valence electrons. The molecule has 0 aliphatic carbocycles. The van der Waals surface area contributed by atoms with Crippen molar-refractivity contribution in [2.45, 2.75) is 117 Å². The van der Waals surface area contributed by atoms with Crippen LogP contribution in [0, 0.1) is 13.8 Å². The van der Waals surface area contributed by atoms with E-state index in [4.69, 9.17) is 5.73 Å². The molecule has 0 aromatic heterocycles. The smallest absolute Gasteiger partial charge is 0.0268 e. The summed E-state index contributed by atoms with van der Waals surface area (Å²) in [5.41, 5.74) is 11.7. The van der Waals surface area contributed by atoms with Crippen molar-refractivity contribution in [3.05, 3.63) is 34.4 Å². The van der Waals surface area contributed by atoms with Gasteiger partial charge in [0.2, 0.25) is 0 Å². The van der Waals surface area contributed by atoms with Gasteiger partial charge >= 0.3 is 0 Å². The number of rotatable bonds is 14. The van der Waals surface area contributed by atoms with Gasteiger partial charge in [0.15, 0.2) is 0 Å². The number of aryl methyl sites for hydroxylation is 1. The van der Waals surface area contributed by atoms with Crippen LogP contribution in [-0.4, -0.2) is 0 Å². The predicted octanol–water partition coefficient (Wildman–Crippen LogP) is 7.57. The number of unbranched alkanes of at least 4 members (excludes halogenated alkanes) is 11. The van der Waals surface area contributed by atoms with E-state index in [1.807, 2.05) is 0 Å². The van der Waals surface area contributed by atoms with Crippen LogP contribution in [0.4, 0.5) is 0 Å². The molecule has 0 spiro atoms. The van der Waals surface area contributed by atoms with Crippen LogP contribution < -0.4 is 5.73 Å². The molecule has 0 radical (unpaired) electrons. The fourth-order valence-electron chi connectivity index (χ4n) is 3.82. The molecular weight excluding hydrogens is 302 g/mol. The Morgan fingerprint density at radius 1 is 0.720 bits per heavy atom. The molecule has 1 aromatic rings. The van der Waals surface area contributed by atoms with Crippen molar-refractivity contribution in [3.63, 3.8) is 0 Å². The Morgan fingerprint density at radius 3 is 1.68 bits per heavy atom. The van der Waals surface area contributed by atoms with Crippen molar-refractivity contribution in [2.24, 2.45) is 5.73 Å². The lowest BCUT2D eigenvalue weighted by Crippen LogP contribution is -2.08. The summed E-state index contributed by atoms with van der Waals surface area (Å²) in [7, 11) is 0. The van der Waals surface area contributed by atoms with E-state index in [-0.39, 0.29) is 6.04 Å². The molecule has 0 saturated carbocycles. The highest BCUT2D eigenvalue weighted by atomic mass is 14.6. The highest BCUT2D eigenvalue weighted by Gasteiger charge is 2.09. The predicted molar refractivity (Wildman–Crippen MR) is 113 cm³/mol. The Kier molecular flexibility index (Phi) is 11.9. The fraction of sp³-hybridized carbons (Fsp3) is 0.750. The Morgan fingerprint density at radius 2 is 1.20 bits per heavy atom. The normalized spacial score (nSPS) is 12.5. The lowest BCUT2D eigenvalue weighted by Gasteiger charge is -2.16. The molecule has 0 saturated heterocycles. The lowest BCUT2D eigenvalue weighted by atomic mass is 9.92. The lowest BCUT2D eigenvalue weighted by molar-refractivity contribution is 0.544.